The third-order valence-electron chi connectivity index (χ3n) is 6.28. The number of ether oxygens (including phenoxy) is 3. The average Bonchev–Trinajstić information content (AvgIpc) is 3.30. The lowest BCUT2D eigenvalue weighted by atomic mass is 9.77. The van der Waals surface area contributed by atoms with E-state index in [1.807, 2.05) is 24.3 Å². The molecule has 1 aromatic heterocycles. The van der Waals surface area contributed by atoms with Crippen molar-refractivity contribution >= 4 is 11.6 Å². The molecule has 3 aromatic rings. The second-order valence-electron chi connectivity index (χ2n) is 7.93. The van der Waals surface area contributed by atoms with Gasteiger partial charge in [-0.2, -0.15) is 0 Å². The summed E-state index contributed by atoms with van der Waals surface area (Å²) in [5.41, 5.74) is 1.04. The van der Waals surface area contributed by atoms with E-state index in [1.165, 1.54) is 23.2 Å². The van der Waals surface area contributed by atoms with Gasteiger partial charge in [-0.05, 0) is 29.8 Å². The molecule has 0 saturated carbocycles. The Bertz CT molecular complexity index is 1250. The van der Waals surface area contributed by atoms with E-state index in [0.717, 1.165) is 5.56 Å². The third kappa shape index (κ3) is 2.55. The van der Waals surface area contributed by atoms with Crippen molar-refractivity contribution in [3.05, 3.63) is 77.1 Å². The van der Waals surface area contributed by atoms with Crippen LogP contribution in [0, 0.1) is 0 Å². The Hall–Kier alpha value is -3.68. The number of fused-ring (bicyclic) bond motifs is 5. The van der Waals surface area contributed by atoms with Crippen LogP contribution in [0.25, 0.3) is 0 Å². The molecule has 0 aliphatic carbocycles. The maximum atomic E-state index is 14.0. The number of nitrogens with zero attached hydrogens (tertiary/aromatic N) is 2. The lowest BCUT2D eigenvalue weighted by molar-refractivity contribution is -0.122. The highest BCUT2D eigenvalue weighted by atomic mass is 19.3. The summed E-state index contributed by atoms with van der Waals surface area (Å²) in [5.74, 6) is 1.47. The van der Waals surface area contributed by atoms with Crippen molar-refractivity contribution in [1.29, 1.82) is 0 Å². The highest BCUT2D eigenvalue weighted by Crippen LogP contribution is 2.55. The van der Waals surface area contributed by atoms with Gasteiger partial charge in [-0.25, -0.2) is 8.78 Å². The number of halogens is 2. The fourth-order valence-electron chi connectivity index (χ4n) is 4.80. The second-order valence-corrected chi connectivity index (χ2v) is 7.93. The van der Waals surface area contributed by atoms with Crippen LogP contribution in [-0.4, -0.2) is 30.7 Å². The van der Waals surface area contributed by atoms with E-state index in [-0.39, 0.29) is 30.3 Å². The molecule has 0 saturated heterocycles. The van der Waals surface area contributed by atoms with Gasteiger partial charge in [-0.15, -0.1) is 0 Å². The zero-order chi connectivity index (χ0) is 21.9. The van der Waals surface area contributed by atoms with Gasteiger partial charge < -0.3 is 19.1 Å². The number of amides is 1. The number of anilines is 1. The van der Waals surface area contributed by atoms with E-state index in [9.17, 15) is 13.6 Å². The molecular weight excluding hydrogens is 418 g/mol. The number of benzene rings is 2. The zero-order valence-electron chi connectivity index (χ0n) is 16.9. The number of hydrogen-bond acceptors (Lipinski definition) is 5. The number of para-hydroxylation sites is 1. The van der Waals surface area contributed by atoms with Gasteiger partial charge in [-0.1, -0.05) is 18.2 Å². The highest BCUT2D eigenvalue weighted by molar-refractivity contribution is 6.11. The summed E-state index contributed by atoms with van der Waals surface area (Å²) in [5, 5.41) is 0. The molecule has 1 spiro atoms. The number of aromatic nitrogens is 1. The number of alkyl halides is 2. The molecule has 162 valence electrons. The van der Waals surface area contributed by atoms with Crippen molar-refractivity contribution < 1.29 is 27.8 Å². The Morgan fingerprint density at radius 3 is 2.56 bits per heavy atom. The summed E-state index contributed by atoms with van der Waals surface area (Å²) < 4.78 is 44.5. The first kappa shape index (κ1) is 19.0. The van der Waals surface area contributed by atoms with Gasteiger partial charge in [0.15, 0.2) is 11.5 Å². The Morgan fingerprint density at radius 2 is 1.75 bits per heavy atom. The number of carbonyl (C=O) groups excluding carboxylic acids is 1. The van der Waals surface area contributed by atoms with E-state index in [4.69, 9.17) is 14.2 Å². The molecule has 0 N–H and O–H groups in total. The minimum Gasteiger partial charge on any atom is -0.491 e. The van der Waals surface area contributed by atoms with Crippen LogP contribution in [0.3, 0.4) is 0 Å². The van der Waals surface area contributed by atoms with Crippen molar-refractivity contribution in [2.75, 3.05) is 24.7 Å². The van der Waals surface area contributed by atoms with Gasteiger partial charge in [0.05, 0.1) is 12.2 Å². The molecule has 2 aromatic carbocycles. The maximum Gasteiger partial charge on any atom is 0.265 e. The van der Waals surface area contributed by atoms with Gasteiger partial charge in [0.25, 0.3) is 6.43 Å². The van der Waals surface area contributed by atoms with Crippen molar-refractivity contribution in [3.63, 3.8) is 0 Å². The van der Waals surface area contributed by atoms with E-state index in [0.29, 0.717) is 41.7 Å². The molecule has 3 aliphatic heterocycles. The fraction of sp³-hybridized carbons (Fsp3) is 0.250. The quantitative estimate of drug-likeness (QED) is 0.621. The smallest absolute Gasteiger partial charge is 0.265 e. The number of rotatable bonds is 3. The molecule has 1 atom stereocenters. The molecule has 0 bridgehead atoms. The molecule has 0 fully saturated rings. The summed E-state index contributed by atoms with van der Waals surface area (Å²) in [6.07, 6.45) is -1.22. The minimum absolute atomic E-state index is 0.0575. The summed E-state index contributed by atoms with van der Waals surface area (Å²) in [7, 11) is 0. The zero-order valence-corrected chi connectivity index (χ0v) is 16.9. The van der Waals surface area contributed by atoms with Crippen molar-refractivity contribution in [2.45, 2.75) is 18.4 Å². The number of pyridine rings is 1. The predicted molar refractivity (Wildman–Crippen MR) is 111 cm³/mol. The van der Waals surface area contributed by atoms with Crippen molar-refractivity contribution in [3.8, 4) is 17.2 Å². The monoisotopic (exact) mass is 436 g/mol. The summed E-state index contributed by atoms with van der Waals surface area (Å²) in [6, 6.07) is 13.8. The van der Waals surface area contributed by atoms with Crippen molar-refractivity contribution in [1.82, 2.24) is 4.98 Å². The van der Waals surface area contributed by atoms with Crippen LogP contribution in [0.2, 0.25) is 0 Å². The van der Waals surface area contributed by atoms with E-state index < -0.39 is 11.8 Å². The van der Waals surface area contributed by atoms with Gasteiger partial charge in [0.1, 0.15) is 31.0 Å². The molecule has 8 heteroatoms. The Morgan fingerprint density at radius 1 is 0.969 bits per heavy atom. The van der Waals surface area contributed by atoms with Gasteiger partial charge in [0, 0.05) is 29.1 Å². The molecule has 32 heavy (non-hydrogen) atoms. The lowest BCUT2D eigenvalue weighted by Crippen LogP contribution is -2.42. The largest absolute Gasteiger partial charge is 0.491 e. The summed E-state index contributed by atoms with van der Waals surface area (Å²) in [6.45, 7) is 0.925. The SMILES string of the molecule is O=C1N(Cc2ncccc2C(F)F)c2ccccc2C12COc1cc3c(cc12)OCCO3. The van der Waals surface area contributed by atoms with Crippen LogP contribution < -0.4 is 19.1 Å². The topological polar surface area (TPSA) is 60.9 Å². The van der Waals surface area contributed by atoms with Gasteiger partial charge >= 0.3 is 0 Å². The molecule has 1 unspecified atom stereocenters. The number of carbonyl (C=O) groups is 1. The van der Waals surface area contributed by atoms with Crippen LogP contribution in [0.15, 0.2) is 54.7 Å². The van der Waals surface area contributed by atoms with Gasteiger partial charge in [-0.3, -0.25) is 9.78 Å². The molecule has 1 amide bonds. The maximum absolute atomic E-state index is 14.0. The standard InChI is InChI=1S/C24H18F2N2O4/c25-22(26)14-4-3-7-27-17(14)12-28-18-6-2-1-5-15(18)24(23(28)29)13-32-19-11-21-20(10-16(19)24)30-8-9-31-21/h1-7,10-11,22H,8-9,12-13H2. The Balaban J connectivity index is 1.48. The highest BCUT2D eigenvalue weighted by Gasteiger charge is 2.57. The van der Waals surface area contributed by atoms with Crippen LogP contribution in [0.4, 0.5) is 14.5 Å². The normalized spacial score (nSPS) is 20.5. The van der Waals surface area contributed by atoms with Gasteiger partial charge in [0.2, 0.25) is 5.91 Å². The Labute approximate surface area is 182 Å². The van der Waals surface area contributed by atoms with E-state index in [1.54, 1.807) is 12.1 Å². The average molecular weight is 436 g/mol. The molecule has 3 aliphatic rings. The van der Waals surface area contributed by atoms with Crippen molar-refractivity contribution in [2.24, 2.45) is 0 Å². The number of hydrogen-bond donors (Lipinski definition) is 0. The molecule has 0 radical (unpaired) electrons. The molecular formula is C24H18F2N2O4. The van der Waals surface area contributed by atoms with Crippen LogP contribution >= 0.6 is 0 Å². The Kier molecular flexibility index (Phi) is 4.11. The second kappa shape index (κ2) is 6.91. The van der Waals surface area contributed by atoms with E-state index >= 15 is 0 Å². The van der Waals surface area contributed by atoms with Crippen LogP contribution in [-0.2, 0) is 16.8 Å². The predicted octanol–water partition coefficient (Wildman–Crippen LogP) is 4.02. The first-order valence-electron chi connectivity index (χ1n) is 10.3. The molecule has 6 nitrogen and oxygen atoms in total. The first-order valence-corrected chi connectivity index (χ1v) is 10.3. The summed E-state index contributed by atoms with van der Waals surface area (Å²) in [4.78, 5) is 19.6. The first-order chi connectivity index (χ1) is 15.6. The minimum atomic E-state index is -2.68. The van der Waals surface area contributed by atoms with Crippen LogP contribution in [0.1, 0.15) is 28.8 Å². The van der Waals surface area contributed by atoms with Crippen LogP contribution in [0.5, 0.6) is 17.2 Å². The molecule has 4 heterocycles. The van der Waals surface area contributed by atoms with E-state index in [2.05, 4.69) is 4.98 Å². The fourth-order valence-corrected chi connectivity index (χ4v) is 4.80. The molecule has 6 rings (SSSR count). The summed E-state index contributed by atoms with van der Waals surface area (Å²) >= 11 is 0. The third-order valence-corrected chi connectivity index (χ3v) is 6.28. The lowest BCUT2D eigenvalue weighted by Gasteiger charge is -2.25.